The van der Waals surface area contributed by atoms with Crippen LogP contribution < -0.4 is 9.80 Å². The third kappa shape index (κ3) is 4.29. The summed E-state index contributed by atoms with van der Waals surface area (Å²) >= 11 is 0. The lowest BCUT2D eigenvalue weighted by Gasteiger charge is -2.43. The molecule has 4 nitrogen and oxygen atoms in total. The molecule has 0 saturated heterocycles. The molecule has 4 heteroatoms. The van der Waals surface area contributed by atoms with E-state index in [0.717, 1.165) is 22.5 Å². The predicted octanol–water partition coefficient (Wildman–Crippen LogP) is 5.62. The Kier molecular flexibility index (Phi) is 5.99. The SMILES string of the molecule is CC(=O)N1c2ccccc2[C@@H](N(C(=O)/C=C/c2ccccc2)c2ccccc2)C[C@H]1C. The van der Waals surface area contributed by atoms with Crippen LogP contribution >= 0.6 is 0 Å². The Hall–Kier alpha value is -3.66. The van der Waals surface area contributed by atoms with Crippen molar-refractivity contribution in [2.24, 2.45) is 0 Å². The summed E-state index contributed by atoms with van der Waals surface area (Å²) in [6, 6.07) is 27.2. The first-order valence-corrected chi connectivity index (χ1v) is 10.6. The lowest BCUT2D eigenvalue weighted by atomic mass is 9.90. The number of para-hydroxylation sites is 2. The van der Waals surface area contributed by atoms with E-state index in [0.29, 0.717) is 6.42 Å². The van der Waals surface area contributed by atoms with Crippen molar-refractivity contribution in [2.45, 2.75) is 32.4 Å². The summed E-state index contributed by atoms with van der Waals surface area (Å²) in [5.41, 5.74) is 3.68. The fraction of sp³-hybridized carbons (Fsp3) is 0.185. The molecule has 2 atom stereocenters. The van der Waals surface area contributed by atoms with Crippen LogP contribution in [0, 0.1) is 0 Å². The number of fused-ring (bicyclic) bond motifs is 1. The van der Waals surface area contributed by atoms with Gasteiger partial charge in [-0.2, -0.15) is 0 Å². The molecule has 0 aromatic heterocycles. The van der Waals surface area contributed by atoms with Crippen molar-refractivity contribution in [1.82, 2.24) is 0 Å². The van der Waals surface area contributed by atoms with E-state index in [1.54, 1.807) is 13.0 Å². The van der Waals surface area contributed by atoms with Crippen LogP contribution in [0.4, 0.5) is 11.4 Å². The van der Waals surface area contributed by atoms with Gasteiger partial charge in [0.05, 0.1) is 6.04 Å². The van der Waals surface area contributed by atoms with Gasteiger partial charge in [0.15, 0.2) is 0 Å². The van der Waals surface area contributed by atoms with Crippen LogP contribution in [0.15, 0.2) is 91.0 Å². The zero-order valence-electron chi connectivity index (χ0n) is 17.8. The van der Waals surface area contributed by atoms with Gasteiger partial charge >= 0.3 is 0 Å². The minimum Gasteiger partial charge on any atom is -0.309 e. The molecule has 0 fully saturated rings. The van der Waals surface area contributed by atoms with Gasteiger partial charge in [-0.3, -0.25) is 9.59 Å². The first kappa shape index (κ1) is 20.6. The lowest BCUT2D eigenvalue weighted by Crippen LogP contribution is -2.46. The summed E-state index contributed by atoms with van der Waals surface area (Å²) in [4.78, 5) is 29.5. The van der Waals surface area contributed by atoms with Gasteiger partial charge in [0.2, 0.25) is 5.91 Å². The van der Waals surface area contributed by atoms with Crippen LogP contribution in [0.2, 0.25) is 0 Å². The third-order valence-electron chi connectivity index (χ3n) is 5.70. The number of benzene rings is 3. The van der Waals surface area contributed by atoms with Crippen molar-refractivity contribution in [2.75, 3.05) is 9.80 Å². The van der Waals surface area contributed by atoms with E-state index < -0.39 is 0 Å². The number of carbonyl (C=O) groups is 2. The Morgan fingerprint density at radius 1 is 0.903 bits per heavy atom. The van der Waals surface area contributed by atoms with Crippen LogP contribution in [0.25, 0.3) is 6.08 Å². The van der Waals surface area contributed by atoms with Gasteiger partial charge in [0.25, 0.3) is 5.91 Å². The van der Waals surface area contributed by atoms with Gasteiger partial charge in [-0.25, -0.2) is 0 Å². The molecule has 0 radical (unpaired) electrons. The average Bonchev–Trinajstić information content (AvgIpc) is 2.79. The van der Waals surface area contributed by atoms with Crippen LogP contribution in [-0.4, -0.2) is 17.9 Å². The molecule has 3 aromatic rings. The van der Waals surface area contributed by atoms with E-state index in [1.807, 2.05) is 108 Å². The molecule has 0 saturated carbocycles. The molecule has 3 aromatic carbocycles. The van der Waals surface area contributed by atoms with Crippen molar-refractivity contribution in [3.63, 3.8) is 0 Å². The molecule has 0 spiro atoms. The number of hydrogen-bond acceptors (Lipinski definition) is 2. The van der Waals surface area contributed by atoms with Crippen LogP contribution in [-0.2, 0) is 9.59 Å². The Morgan fingerprint density at radius 3 is 2.19 bits per heavy atom. The highest BCUT2D eigenvalue weighted by Gasteiger charge is 2.37. The molecular weight excluding hydrogens is 384 g/mol. The number of anilines is 2. The second-order valence-corrected chi connectivity index (χ2v) is 7.84. The number of rotatable bonds is 4. The van der Waals surface area contributed by atoms with Gasteiger partial charge < -0.3 is 9.80 Å². The standard InChI is InChI=1S/C27H26N2O2/c1-20-19-26(24-15-9-10-16-25(24)28(20)21(2)30)29(23-13-7-4-8-14-23)27(31)18-17-22-11-5-3-6-12-22/h3-18,20,26H,19H2,1-2H3/b18-17+/t20-,26+/m1/s1. The monoisotopic (exact) mass is 410 g/mol. The van der Waals surface area contributed by atoms with Crippen molar-refractivity contribution in [3.05, 3.63) is 102 Å². The molecule has 0 unspecified atom stereocenters. The second-order valence-electron chi connectivity index (χ2n) is 7.84. The summed E-state index contributed by atoms with van der Waals surface area (Å²) in [5.74, 6) is -0.0710. The zero-order valence-corrected chi connectivity index (χ0v) is 17.8. The number of amides is 2. The summed E-state index contributed by atoms with van der Waals surface area (Å²) in [7, 11) is 0. The molecule has 1 aliphatic heterocycles. The Morgan fingerprint density at radius 2 is 1.52 bits per heavy atom. The maximum absolute atomic E-state index is 13.5. The molecule has 2 amide bonds. The van der Waals surface area contributed by atoms with Crippen LogP contribution in [0.5, 0.6) is 0 Å². The van der Waals surface area contributed by atoms with Gasteiger partial charge in [-0.15, -0.1) is 0 Å². The molecule has 156 valence electrons. The number of nitrogens with zero attached hydrogens (tertiary/aromatic N) is 2. The molecule has 4 rings (SSSR count). The molecule has 0 N–H and O–H groups in total. The van der Waals surface area contributed by atoms with Gasteiger partial charge in [0.1, 0.15) is 0 Å². The van der Waals surface area contributed by atoms with E-state index in [4.69, 9.17) is 0 Å². The Balaban J connectivity index is 1.77. The smallest absolute Gasteiger partial charge is 0.251 e. The van der Waals surface area contributed by atoms with Crippen molar-refractivity contribution < 1.29 is 9.59 Å². The lowest BCUT2D eigenvalue weighted by molar-refractivity contribution is -0.117. The molecule has 31 heavy (non-hydrogen) atoms. The first-order chi connectivity index (χ1) is 15.1. The quantitative estimate of drug-likeness (QED) is 0.524. The Bertz CT molecular complexity index is 1090. The van der Waals surface area contributed by atoms with Gasteiger partial charge in [0, 0.05) is 30.4 Å². The maximum atomic E-state index is 13.5. The van der Waals surface area contributed by atoms with Crippen LogP contribution in [0.1, 0.15) is 37.4 Å². The van der Waals surface area contributed by atoms with Crippen molar-refractivity contribution in [1.29, 1.82) is 0 Å². The number of carbonyl (C=O) groups excluding carboxylic acids is 2. The molecule has 1 heterocycles. The normalized spacial score (nSPS) is 17.9. The topological polar surface area (TPSA) is 40.6 Å². The Labute approximate surface area is 183 Å². The third-order valence-corrected chi connectivity index (χ3v) is 5.70. The fourth-order valence-corrected chi connectivity index (χ4v) is 4.37. The fourth-order valence-electron chi connectivity index (χ4n) is 4.37. The van der Waals surface area contributed by atoms with Crippen molar-refractivity contribution >= 4 is 29.3 Å². The summed E-state index contributed by atoms with van der Waals surface area (Å²) < 4.78 is 0. The van der Waals surface area contributed by atoms with E-state index in [1.165, 1.54) is 0 Å². The second kappa shape index (κ2) is 9.00. The molecule has 0 aliphatic carbocycles. The summed E-state index contributed by atoms with van der Waals surface area (Å²) in [6.45, 7) is 3.63. The summed E-state index contributed by atoms with van der Waals surface area (Å²) in [5, 5.41) is 0. The van der Waals surface area contributed by atoms with E-state index in [9.17, 15) is 9.59 Å². The zero-order chi connectivity index (χ0) is 21.8. The minimum atomic E-state index is -0.169. The van der Waals surface area contributed by atoms with E-state index in [2.05, 4.69) is 0 Å². The molecule has 1 aliphatic rings. The van der Waals surface area contributed by atoms with Crippen molar-refractivity contribution in [3.8, 4) is 0 Å². The molecular formula is C27H26N2O2. The van der Waals surface area contributed by atoms with Crippen LogP contribution in [0.3, 0.4) is 0 Å². The first-order valence-electron chi connectivity index (χ1n) is 10.6. The highest BCUT2D eigenvalue weighted by molar-refractivity contribution is 6.05. The van der Waals surface area contributed by atoms with Gasteiger partial charge in [-0.05, 0) is 48.7 Å². The number of hydrogen-bond donors (Lipinski definition) is 0. The minimum absolute atomic E-state index is 0.0139. The molecule has 0 bridgehead atoms. The van der Waals surface area contributed by atoms with E-state index in [-0.39, 0.29) is 23.9 Å². The predicted molar refractivity (Wildman–Crippen MR) is 126 cm³/mol. The largest absolute Gasteiger partial charge is 0.309 e. The summed E-state index contributed by atoms with van der Waals surface area (Å²) in [6.07, 6.45) is 4.14. The average molecular weight is 411 g/mol. The highest BCUT2D eigenvalue weighted by Crippen LogP contribution is 2.42. The van der Waals surface area contributed by atoms with E-state index >= 15 is 0 Å². The van der Waals surface area contributed by atoms with Gasteiger partial charge in [-0.1, -0.05) is 66.7 Å². The maximum Gasteiger partial charge on any atom is 0.251 e. The highest BCUT2D eigenvalue weighted by atomic mass is 16.2.